The summed E-state index contributed by atoms with van der Waals surface area (Å²) in [5, 5.41) is 3.90. The van der Waals surface area contributed by atoms with Gasteiger partial charge >= 0.3 is 0 Å². The van der Waals surface area contributed by atoms with Gasteiger partial charge in [-0.05, 0) is 61.4 Å². The summed E-state index contributed by atoms with van der Waals surface area (Å²) >= 11 is 11.8. The van der Waals surface area contributed by atoms with Crippen LogP contribution in [0.5, 0.6) is 0 Å². The lowest BCUT2D eigenvalue weighted by atomic mass is 10.1. The van der Waals surface area contributed by atoms with E-state index in [1.165, 1.54) is 28.6 Å². The van der Waals surface area contributed by atoms with Crippen LogP contribution in [-0.2, 0) is 21.4 Å². The third kappa shape index (κ3) is 6.33. The van der Waals surface area contributed by atoms with Crippen molar-refractivity contribution < 1.29 is 13.2 Å². The molecule has 0 radical (unpaired) electrons. The van der Waals surface area contributed by atoms with Gasteiger partial charge in [0.1, 0.15) is 0 Å². The van der Waals surface area contributed by atoms with Crippen molar-refractivity contribution in [3.05, 3.63) is 99.5 Å². The van der Waals surface area contributed by atoms with E-state index in [4.69, 9.17) is 23.2 Å². The monoisotopic (exact) mass is 490 g/mol. The lowest BCUT2D eigenvalue weighted by Gasteiger charge is -2.23. The number of aryl methyl sites for hydroxylation is 1. The summed E-state index contributed by atoms with van der Waals surface area (Å²) in [7, 11) is -3.93. The molecule has 1 amide bonds. The molecule has 0 spiro atoms. The zero-order chi connectivity index (χ0) is 23.3. The highest BCUT2D eigenvalue weighted by Crippen LogP contribution is 2.21. The quantitative estimate of drug-likeness (QED) is 0.461. The maximum atomic E-state index is 13.3. The predicted molar refractivity (Wildman–Crippen MR) is 128 cm³/mol. The van der Waals surface area contributed by atoms with Crippen LogP contribution in [0.2, 0.25) is 10.0 Å². The number of hydrogen-bond acceptors (Lipinski definition) is 3. The van der Waals surface area contributed by atoms with Crippen molar-refractivity contribution in [2.45, 2.75) is 31.3 Å². The largest absolute Gasteiger partial charge is 0.348 e. The van der Waals surface area contributed by atoms with E-state index in [9.17, 15) is 13.2 Å². The number of carbonyl (C=O) groups excluding carboxylic acids is 1. The fourth-order valence-electron chi connectivity index (χ4n) is 3.16. The lowest BCUT2D eigenvalue weighted by molar-refractivity contribution is -0.122. The van der Waals surface area contributed by atoms with Gasteiger partial charge in [0.15, 0.2) is 0 Å². The maximum Gasteiger partial charge on any atom is 0.243 e. The molecule has 0 aliphatic rings. The van der Waals surface area contributed by atoms with Crippen molar-refractivity contribution in [2.75, 3.05) is 6.54 Å². The van der Waals surface area contributed by atoms with Crippen LogP contribution in [0, 0.1) is 6.92 Å². The second-order valence-electron chi connectivity index (χ2n) is 7.55. The van der Waals surface area contributed by atoms with Crippen LogP contribution < -0.4 is 5.32 Å². The van der Waals surface area contributed by atoms with Crippen molar-refractivity contribution in [3.8, 4) is 0 Å². The average molecular weight is 491 g/mol. The molecule has 0 fully saturated rings. The van der Waals surface area contributed by atoms with E-state index in [-0.39, 0.29) is 24.0 Å². The molecule has 0 aromatic heterocycles. The highest BCUT2D eigenvalue weighted by molar-refractivity contribution is 7.89. The standard InChI is InChI=1S/C24H24Cl2N2O3S/c1-17-3-5-19(6-4-17)15-28(32(30,31)23-13-11-22(26)12-14-23)16-24(29)27-18(2)20-7-9-21(25)10-8-20/h3-14,18H,15-16H2,1-2H3,(H,27,29)/t18-/m0/s1. The van der Waals surface area contributed by atoms with Crippen molar-refractivity contribution >= 4 is 39.1 Å². The number of sulfonamides is 1. The molecule has 3 aromatic carbocycles. The van der Waals surface area contributed by atoms with E-state index in [1.54, 1.807) is 12.1 Å². The molecule has 0 saturated heterocycles. The summed E-state index contributed by atoms with van der Waals surface area (Å²) in [5.74, 6) is -0.405. The minimum absolute atomic E-state index is 0.0635. The zero-order valence-electron chi connectivity index (χ0n) is 17.8. The Balaban J connectivity index is 1.82. The van der Waals surface area contributed by atoms with E-state index in [0.29, 0.717) is 10.0 Å². The first-order valence-corrected chi connectivity index (χ1v) is 12.2. The summed E-state index contributed by atoms with van der Waals surface area (Å²) in [5.41, 5.74) is 2.72. The summed E-state index contributed by atoms with van der Waals surface area (Å²) in [6.45, 7) is 3.53. The van der Waals surface area contributed by atoms with Crippen LogP contribution >= 0.6 is 23.2 Å². The molecule has 0 aliphatic heterocycles. The van der Waals surface area contributed by atoms with Gasteiger partial charge in [0.25, 0.3) is 0 Å². The summed E-state index contributed by atoms with van der Waals surface area (Å²) in [6.07, 6.45) is 0. The first-order chi connectivity index (χ1) is 15.1. The Labute approximate surface area is 199 Å². The van der Waals surface area contributed by atoms with Gasteiger partial charge in [-0.1, -0.05) is 65.2 Å². The molecule has 32 heavy (non-hydrogen) atoms. The summed E-state index contributed by atoms with van der Waals surface area (Å²) in [4.78, 5) is 12.9. The van der Waals surface area contributed by atoms with Gasteiger partial charge in [-0.3, -0.25) is 4.79 Å². The van der Waals surface area contributed by atoms with Crippen molar-refractivity contribution in [1.29, 1.82) is 0 Å². The van der Waals surface area contributed by atoms with E-state index in [0.717, 1.165) is 16.7 Å². The molecule has 0 unspecified atom stereocenters. The number of nitrogens with zero attached hydrogens (tertiary/aromatic N) is 1. The van der Waals surface area contributed by atoms with Gasteiger partial charge in [0, 0.05) is 16.6 Å². The highest BCUT2D eigenvalue weighted by Gasteiger charge is 2.27. The van der Waals surface area contributed by atoms with Crippen molar-refractivity contribution in [2.24, 2.45) is 0 Å². The Hall–Kier alpha value is -2.38. The van der Waals surface area contributed by atoms with Crippen LogP contribution in [0.3, 0.4) is 0 Å². The normalized spacial score (nSPS) is 12.5. The van der Waals surface area contributed by atoms with E-state index in [1.807, 2.05) is 50.2 Å². The highest BCUT2D eigenvalue weighted by atomic mass is 35.5. The zero-order valence-corrected chi connectivity index (χ0v) is 20.1. The minimum Gasteiger partial charge on any atom is -0.348 e. The Morgan fingerprint density at radius 3 is 2.00 bits per heavy atom. The summed E-state index contributed by atoms with van der Waals surface area (Å²) < 4.78 is 27.8. The number of benzene rings is 3. The molecular weight excluding hydrogens is 467 g/mol. The third-order valence-electron chi connectivity index (χ3n) is 5.00. The molecule has 5 nitrogen and oxygen atoms in total. The fourth-order valence-corrected chi connectivity index (χ4v) is 4.80. The van der Waals surface area contributed by atoms with Crippen LogP contribution in [-0.4, -0.2) is 25.2 Å². The van der Waals surface area contributed by atoms with Crippen molar-refractivity contribution in [1.82, 2.24) is 9.62 Å². The van der Waals surface area contributed by atoms with Crippen LogP contribution in [0.1, 0.15) is 29.7 Å². The number of nitrogens with one attached hydrogen (secondary N) is 1. The average Bonchev–Trinajstić information content (AvgIpc) is 2.75. The first kappa shape index (κ1) is 24.3. The number of halogens is 2. The number of carbonyl (C=O) groups is 1. The maximum absolute atomic E-state index is 13.3. The van der Waals surface area contributed by atoms with Gasteiger partial charge < -0.3 is 5.32 Å². The van der Waals surface area contributed by atoms with Crippen LogP contribution in [0.25, 0.3) is 0 Å². The van der Waals surface area contributed by atoms with E-state index >= 15 is 0 Å². The van der Waals surface area contributed by atoms with E-state index < -0.39 is 15.9 Å². The molecule has 0 heterocycles. The molecule has 0 saturated carbocycles. The molecule has 0 bridgehead atoms. The molecule has 3 aromatic rings. The number of amides is 1. The topological polar surface area (TPSA) is 66.5 Å². The van der Waals surface area contributed by atoms with Crippen LogP contribution in [0.15, 0.2) is 77.7 Å². The second-order valence-corrected chi connectivity index (χ2v) is 10.4. The Morgan fingerprint density at radius 2 is 1.44 bits per heavy atom. The fraction of sp³-hybridized carbons (Fsp3) is 0.208. The minimum atomic E-state index is -3.93. The van der Waals surface area contributed by atoms with Gasteiger partial charge in [0.2, 0.25) is 15.9 Å². The number of rotatable bonds is 8. The van der Waals surface area contributed by atoms with E-state index in [2.05, 4.69) is 5.32 Å². The smallest absolute Gasteiger partial charge is 0.243 e. The SMILES string of the molecule is Cc1ccc(CN(CC(=O)N[C@@H](C)c2ccc(Cl)cc2)S(=O)(=O)c2ccc(Cl)cc2)cc1. The van der Waals surface area contributed by atoms with Gasteiger partial charge in [-0.2, -0.15) is 4.31 Å². The molecule has 1 atom stereocenters. The second kappa shape index (κ2) is 10.5. The molecule has 168 valence electrons. The number of hydrogen-bond donors (Lipinski definition) is 1. The molecular formula is C24H24Cl2N2O3S. The van der Waals surface area contributed by atoms with Crippen molar-refractivity contribution in [3.63, 3.8) is 0 Å². The first-order valence-electron chi connectivity index (χ1n) is 10.0. The van der Waals surface area contributed by atoms with Gasteiger partial charge in [-0.25, -0.2) is 8.42 Å². The molecule has 3 rings (SSSR count). The Morgan fingerprint density at radius 1 is 0.906 bits per heavy atom. The summed E-state index contributed by atoms with van der Waals surface area (Å²) in [6, 6.07) is 20.3. The van der Waals surface area contributed by atoms with Crippen LogP contribution in [0.4, 0.5) is 0 Å². The predicted octanol–water partition coefficient (Wildman–Crippen LogP) is 5.37. The Kier molecular flexibility index (Phi) is 7.96. The Bertz CT molecular complexity index is 1160. The third-order valence-corrected chi connectivity index (χ3v) is 7.31. The molecule has 0 aliphatic carbocycles. The molecule has 8 heteroatoms. The lowest BCUT2D eigenvalue weighted by Crippen LogP contribution is -2.41. The molecule has 1 N–H and O–H groups in total. The van der Waals surface area contributed by atoms with Gasteiger partial charge in [0.05, 0.1) is 17.5 Å². The van der Waals surface area contributed by atoms with Gasteiger partial charge in [-0.15, -0.1) is 0 Å².